The quantitative estimate of drug-likeness (QED) is 0.669. The van der Waals surface area contributed by atoms with Crippen molar-refractivity contribution in [3.05, 3.63) is 41.0 Å². The van der Waals surface area contributed by atoms with E-state index in [-0.39, 0.29) is 0 Å². The normalized spacial score (nSPS) is 10.3. The van der Waals surface area contributed by atoms with Crippen LogP contribution in [-0.2, 0) is 0 Å². The van der Waals surface area contributed by atoms with Gasteiger partial charge in [0.2, 0.25) is 0 Å². The molecular weight excluding hydrogens is 178 g/mol. The van der Waals surface area contributed by atoms with Gasteiger partial charge in [0, 0.05) is 22.3 Å². The second-order valence-corrected chi connectivity index (χ2v) is 4.05. The highest BCUT2D eigenvalue weighted by Crippen LogP contribution is 2.24. The SMILES string of the molecule is Cc1cc(-c2cccs2)cnc1C. The minimum Gasteiger partial charge on any atom is -0.261 e. The summed E-state index contributed by atoms with van der Waals surface area (Å²) >= 11 is 1.75. The molecule has 0 aliphatic heterocycles. The minimum absolute atomic E-state index is 1.11. The van der Waals surface area contributed by atoms with Crippen molar-refractivity contribution in [2.45, 2.75) is 13.8 Å². The van der Waals surface area contributed by atoms with Crippen molar-refractivity contribution in [2.75, 3.05) is 0 Å². The number of rotatable bonds is 1. The summed E-state index contributed by atoms with van der Waals surface area (Å²) in [5.41, 5.74) is 3.59. The van der Waals surface area contributed by atoms with Gasteiger partial charge in [-0.05, 0) is 36.9 Å². The van der Waals surface area contributed by atoms with Crippen LogP contribution in [0.1, 0.15) is 11.3 Å². The molecule has 13 heavy (non-hydrogen) atoms. The molecule has 0 amide bonds. The van der Waals surface area contributed by atoms with Gasteiger partial charge in [0.05, 0.1) is 0 Å². The Bertz CT molecular complexity index is 404. The standard InChI is InChI=1S/C11H11NS/c1-8-6-10(7-12-9(8)2)11-4-3-5-13-11/h3-7H,1-2H3. The molecule has 1 nitrogen and oxygen atoms in total. The molecule has 0 aliphatic carbocycles. The Balaban J connectivity index is 2.49. The van der Waals surface area contributed by atoms with Gasteiger partial charge in [-0.2, -0.15) is 0 Å². The van der Waals surface area contributed by atoms with E-state index < -0.39 is 0 Å². The van der Waals surface area contributed by atoms with Gasteiger partial charge in [-0.15, -0.1) is 11.3 Å². The van der Waals surface area contributed by atoms with Gasteiger partial charge in [-0.3, -0.25) is 4.98 Å². The number of hydrogen-bond donors (Lipinski definition) is 0. The van der Waals surface area contributed by atoms with E-state index in [1.54, 1.807) is 11.3 Å². The van der Waals surface area contributed by atoms with Gasteiger partial charge < -0.3 is 0 Å². The van der Waals surface area contributed by atoms with Crippen LogP contribution in [0.25, 0.3) is 10.4 Å². The van der Waals surface area contributed by atoms with Gasteiger partial charge in [0.15, 0.2) is 0 Å². The maximum Gasteiger partial charge on any atom is 0.0402 e. The maximum atomic E-state index is 4.34. The lowest BCUT2D eigenvalue weighted by Crippen LogP contribution is -1.86. The zero-order valence-electron chi connectivity index (χ0n) is 7.74. The van der Waals surface area contributed by atoms with Gasteiger partial charge in [0.1, 0.15) is 0 Å². The Kier molecular flexibility index (Phi) is 2.15. The highest BCUT2D eigenvalue weighted by Gasteiger charge is 2.00. The molecule has 0 aliphatic rings. The molecule has 2 heterocycles. The van der Waals surface area contributed by atoms with Crippen molar-refractivity contribution < 1.29 is 0 Å². The molecule has 2 aromatic rings. The molecule has 0 atom stereocenters. The fraction of sp³-hybridized carbons (Fsp3) is 0.182. The maximum absolute atomic E-state index is 4.34. The van der Waals surface area contributed by atoms with Crippen LogP contribution in [0.5, 0.6) is 0 Å². The first-order chi connectivity index (χ1) is 6.27. The highest BCUT2D eigenvalue weighted by atomic mass is 32.1. The van der Waals surface area contributed by atoms with E-state index >= 15 is 0 Å². The molecule has 2 heteroatoms. The van der Waals surface area contributed by atoms with Crippen LogP contribution < -0.4 is 0 Å². The Morgan fingerprint density at radius 3 is 2.77 bits per heavy atom. The second-order valence-electron chi connectivity index (χ2n) is 3.10. The third-order valence-electron chi connectivity index (χ3n) is 2.15. The number of hydrogen-bond acceptors (Lipinski definition) is 2. The van der Waals surface area contributed by atoms with Crippen molar-refractivity contribution in [1.82, 2.24) is 4.98 Å². The molecule has 0 unspecified atom stereocenters. The summed E-state index contributed by atoms with van der Waals surface area (Å²) in [6.45, 7) is 4.13. The molecule has 66 valence electrons. The number of nitrogens with zero attached hydrogens (tertiary/aromatic N) is 1. The molecule has 0 radical (unpaired) electrons. The summed E-state index contributed by atoms with van der Waals surface area (Å²) < 4.78 is 0. The smallest absolute Gasteiger partial charge is 0.0402 e. The van der Waals surface area contributed by atoms with Gasteiger partial charge in [-0.1, -0.05) is 6.07 Å². The lowest BCUT2D eigenvalue weighted by atomic mass is 10.1. The third kappa shape index (κ3) is 1.63. The molecule has 0 N–H and O–H groups in total. The summed E-state index contributed by atoms with van der Waals surface area (Å²) in [6.07, 6.45) is 1.94. The molecule has 2 aromatic heterocycles. The Labute approximate surface area is 82.1 Å². The van der Waals surface area contributed by atoms with Gasteiger partial charge >= 0.3 is 0 Å². The topological polar surface area (TPSA) is 12.9 Å². The van der Waals surface area contributed by atoms with Crippen LogP contribution in [0.2, 0.25) is 0 Å². The predicted molar refractivity (Wildman–Crippen MR) is 57.0 cm³/mol. The first-order valence-electron chi connectivity index (χ1n) is 4.24. The fourth-order valence-electron chi connectivity index (χ4n) is 1.22. The average molecular weight is 189 g/mol. The van der Waals surface area contributed by atoms with Crippen molar-refractivity contribution in [1.29, 1.82) is 0 Å². The molecule has 0 saturated carbocycles. The first-order valence-corrected chi connectivity index (χ1v) is 5.12. The van der Waals surface area contributed by atoms with Crippen molar-refractivity contribution in [3.8, 4) is 10.4 Å². The molecule has 0 aromatic carbocycles. The van der Waals surface area contributed by atoms with Crippen LogP contribution in [0.4, 0.5) is 0 Å². The van der Waals surface area contributed by atoms with E-state index in [1.165, 1.54) is 16.0 Å². The van der Waals surface area contributed by atoms with Crippen molar-refractivity contribution in [3.63, 3.8) is 0 Å². The summed E-state index contributed by atoms with van der Waals surface area (Å²) in [6, 6.07) is 6.37. The van der Waals surface area contributed by atoms with E-state index in [1.807, 2.05) is 13.1 Å². The van der Waals surface area contributed by atoms with E-state index in [0.717, 1.165) is 5.69 Å². The monoisotopic (exact) mass is 189 g/mol. The summed E-state index contributed by atoms with van der Waals surface area (Å²) in [5, 5.41) is 2.09. The zero-order valence-corrected chi connectivity index (χ0v) is 8.56. The third-order valence-corrected chi connectivity index (χ3v) is 3.06. The largest absolute Gasteiger partial charge is 0.261 e. The van der Waals surface area contributed by atoms with E-state index in [9.17, 15) is 0 Å². The Hall–Kier alpha value is -1.15. The van der Waals surface area contributed by atoms with Crippen LogP contribution in [0.3, 0.4) is 0 Å². The molecule has 0 spiro atoms. The predicted octanol–water partition coefficient (Wildman–Crippen LogP) is 3.43. The van der Waals surface area contributed by atoms with Crippen LogP contribution in [0, 0.1) is 13.8 Å². The number of aromatic nitrogens is 1. The van der Waals surface area contributed by atoms with Crippen LogP contribution >= 0.6 is 11.3 Å². The first kappa shape index (κ1) is 8.45. The average Bonchev–Trinajstić information content (AvgIpc) is 2.62. The highest BCUT2D eigenvalue weighted by molar-refractivity contribution is 7.13. The lowest BCUT2D eigenvalue weighted by molar-refractivity contribution is 1.15. The molecule has 2 rings (SSSR count). The zero-order chi connectivity index (χ0) is 9.26. The van der Waals surface area contributed by atoms with Crippen LogP contribution in [-0.4, -0.2) is 4.98 Å². The number of aryl methyl sites for hydroxylation is 2. The van der Waals surface area contributed by atoms with E-state index in [0.29, 0.717) is 0 Å². The fourth-order valence-corrected chi connectivity index (χ4v) is 1.93. The van der Waals surface area contributed by atoms with Crippen molar-refractivity contribution in [2.24, 2.45) is 0 Å². The van der Waals surface area contributed by atoms with Gasteiger partial charge in [-0.25, -0.2) is 0 Å². The van der Waals surface area contributed by atoms with Gasteiger partial charge in [0.25, 0.3) is 0 Å². The Morgan fingerprint density at radius 2 is 2.15 bits per heavy atom. The molecule has 0 saturated heterocycles. The minimum atomic E-state index is 1.11. The van der Waals surface area contributed by atoms with Crippen LogP contribution in [0.15, 0.2) is 29.8 Å². The summed E-state index contributed by atoms with van der Waals surface area (Å²) in [7, 11) is 0. The number of thiophene rings is 1. The van der Waals surface area contributed by atoms with E-state index in [2.05, 4.69) is 35.5 Å². The molecule has 0 bridgehead atoms. The summed E-state index contributed by atoms with van der Waals surface area (Å²) in [5.74, 6) is 0. The number of pyridine rings is 1. The summed E-state index contributed by atoms with van der Waals surface area (Å²) in [4.78, 5) is 5.63. The second kappa shape index (κ2) is 3.30. The van der Waals surface area contributed by atoms with Crippen molar-refractivity contribution >= 4 is 11.3 Å². The van der Waals surface area contributed by atoms with E-state index in [4.69, 9.17) is 0 Å². The molecular formula is C11H11NS. The lowest BCUT2D eigenvalue weighted by Gasteiger charge is -2.01. The molecule has 0 fully saturated rings. The Morgan fingerprint density at radius 1 is 1.31 bits per heavy atom.